The molecule has 1 saturated heterocycles. The number of para-hydroxylation sites is 1. The fourth-order valence-electron chi connectivity index (χ4n) is 4.62. The summed E-state index contributed by atoms with van der Waals surface area (Å²) in [6.07, 6.45) is 2.14. The zero-order valence-corrected chi connectivity index (χ0v) is 20.4. The van der Waals surface area contributed by atoms with Crippen molar-refractivity contribution >= 4 is 16.7 Å². The van der Waals surface area contributed by atoms with Gasteiger partial charge in [-0.2, -0.15) is 0 Å². The molecule has 0 spiro atoms. The van der Waals surface area contributed by atoms with Crippen molar-refractivity contribution in [1.82, 2.24) is 24.4 Å². The minimum absolute atomic E-state index is 0.150. The lowest BCUT2D eigenvalue weighted by Gasteiger charge is -2.35. The van der Waals surface area contributed by atoms with E-state index in [1.165, 1.54) is 11.3 Å². The van der Waals surface area contributed by atoms with Gasteiger partial charge in [0.2, 0.25) is 0 Å². The second-order valence-electron chi connectivity index (χ2n) is 10.2. The molecule has 0 bridgehead atoms. The van der Waals surface area contributed by atoms with E-state index < -0.39 is 0 Å². The normalized spacial score (nSPS) is 15.5. The molecule has 0 aliphatic carbocycles. The number of aryl methyl sites for hydroxylation is 2. The molecule has 0 atom stereocenters. The average Bonchev–Trinajstić information content (AvgIpc) is 3.36. The van der Waals surface area contributed by atoms with Gasteiger partial charge in [-0.1, -0.05) is 51.1 Å². The van der Waals surface area contributed by atoms with Crippen molar-refractivity contribution in [1.29, 1.82) is 0 Å². The highest BCUT2D eigenvalue weighted by molar-refractivity contribution is 5.91. The summed E-state index contributed by atoms with van der Waals surface area (Å²) in [5.41, 5.74) is 7.13. The lowest BCUT2D eigenvalue weighted by molar-refractivity contribution is 0.247. The molecule has 6 heteroatoms. The van der Waals surface area contributed by atoms with E-state index in [4.69, 9.17) is 4.98 Å². The molecule has 1 aliphatic rings. The minimum atomic E-state index is 0.150. The molecule has 1 aliphatic heterocycles. The number of nitrogens with one attached hydrogen (secondary N) is 1. The molecule has 6 nitrogen and oxygen atoms in total. The predicted molar refractivity (Wildman–Crippen MR) is 136 cm³/mol. The Labute approximate surface area is 196 Å². The maximum atomic E-state index is 5.03. The van der Waals surface area contributed by atoms with E-state index in [2.05, 4.69) is 108 Å². The number of imidazole rings is 2. The van der Waals surface area contributed by atoms with Crippen LogP contribution in [0, 0.1) is 6.92 Å². The Morgan fingerprint density at radius 3 is 2.30 bits per heavy atom. The van der Waals surface area contributed by atoms with Crippen LogP contribution in [0.4, 0.5) is 5.69 Å². The number of piperazine rings is 1. The quantitative estimate of drug-likeness (QED) is 0.489. The van der Waals surface area contributed by atoms with Gasteiger partial charge in [-0.3, -0.25) is 4.90 Å². The van der Waals surface area contributed by atoms with Crippen LogP contribution in [-0.2, 0) is 19.0 Å². The number of benzene rings is 2. The molecular formula is C27H34N6. The average molecular weight is 443 g/mol. The Balaban J connectivity index is 1.33. The van der Waals surface area contributed by atoms with Crippen molar-refractivity contribution < 1.29 is 0 Å². The number of anilines is 1. The van der Waals surface area contributed by atoms with Gasteiger partial charge in [0.05, 0.1) is 16.9 Å². The fourth-order valence-corrected chi connectivity index (χ4v) is 4.62. The van der Waals surface area contributed by atoms with Gasteiger partial charge < -0.3 is 14.5 Å². The number of hydrogen-bond donors (Lipinski definition) is 1. The van der Waals surface area contributed by atoms with Crippen molar-refractivity contribution in [3.8, 4) is 11.4 Å². The molecule has 5 rings (SSSR count). The van der Waals surface area contributed by atoms with E-state index in [-0.39, 0.29) is 5.41 Å². The Morgan fingerprint density at radius 2 is 1.67 bits per heavy atom. The van der Waals surface area contributed by atoms with Crippen molar-refractivity contribution in [2.24, 2.45) is 7.05 Å². The van der Waals surface area contributed by atoms with Gasteiger partial charge >= 0.3 is 0 Å². The van der Waals surface area contributed by atoms with Crippen LogP contribution in [-0.4, -0.2) is 50.6 Å². The van der Waals surface area contributed by atoms with E-state index in [1.54, 1.807) is 0 Å². The highest BCUT2D eigenvalue weighted by atomic mass is 15.3. The first-order valence-electron chi connectivity index (χ1n) is 11.8. The topological polar surface area (TPSA) is 53.0 Å². The maximum Gasteiger partial charge on any atom is 0.138 e. The third kappa shape index (κ3) is 4.40. The highest BCUT2D eigenvalue weighted by Crippen LogP contribution is 2.30. The highest BCUT2D eigenvalue weighted by Gasteiger charge is 2.21. The molecule has 0 amide bonds. The van der Waals surface area contributed by atoms with Gasteiger partial charge in [0.15, 0.2) is 0 Å². The summed E-state index contributed by atoms with van der Waals surface area (Å²) >= 11 is 0. The summed E-state index contributed by atoms with van der Waals surface area (Å²) in [6.45, 7) is 13.7. The smallest absolute Gasteiger partial charge is 0.138 e. The van der Waals surface area contributed by atoms with Crippen LogP contribution in [0.5, 0.6) is 0 Å². The van der Waals surface area contributed by atoms with Crippen LogP contribution >= 0.6 is 0 Å². The predicted octanol–water partition coefficient (Wildman–Crippen LogP) is 4.89. The lowest BCUT2D eigenvalue weighted by Crippen LogP contribution is -2.46. The van der Waals surface area contributed by atoms with E-state index in [9.17, 15) is 0 Å². The standard InChI is InChI=1S/C27H34N6/c1-19-28-22(17-31(19)5)18-32-13-15-33(16-14-32)24-8-6-7-23-25(24)30-26(29-23)20-9-11-21(12-10-20)27(2,3)4/h6-12,17H,13-16,18H2,1-5H3,(H,29,30). The number of nitrogens with zero attached hydrogens (tertiary/aromatic N) is 5. The van der Waals surface area contributed by atoms with E-state index in [1.807, 2.05) is 0 Å². The Kier molecular flexibility index (Phi) is 5.49. The number of aromatic nitrogens is 4. The Bertz CT molecular complexity index is 1230. The van der Waals surface area contributed by atoms with Gasteiger partial charge in [0, 0.05) is 51.5 Å². The first kappa shape index (κ1) is 21.7. The number of fused-ring (bicyclic) bond motifs is 1. The third-order valence-electron chi connectivity index (χ3n) is 6.77. The lowest BCUT2D eigenvalue weighted by atomic mass is 9.87. The third-order valence-corrected chi connectivity index (χ3v) is 6.77. The van der Waals surface area contributed by atoms with Crippen LogP contribution in [0.1, 0.15) is 37.9 Å². The second-order valence-corrected chi connectivity index (χ2v) is 10.2. The van der Waals surface area contributed by atoms with Crippen LogP contribution in [0.25, 0.3) is 22.4 Å². The van der Waals surface area contributed by atoms with Crippen LogP contribution in [0.3, 0.4) is 0 Å². The summed E-state index contributed by atoms with van der Waals surface area (Å²) in [6, 6.07) is 15.2. The van der Waals surface area contributed by atoms with Crippen molar-refractivity contribution in [2.75, 3.05) is 31.1 Å². The summed E-state index contributed by atoms with van der Waals surface area (Å²) in [4.78, 5) is 18.2. The molecular weight excluding hydrogens is 408 g/mol. The van der Waals surface area contributed by atoms with Crippen LogP contribution < -0.4 is 4.90 Å². The van der Waals surface area contributed by atoms with Gasteiger partial charge in [0.1, 0.15) is 17.2 Å². The summed E-state index contributed by atoms with van der Waals surface area (Å²) < 4.78 is 2.10. The summed E-state index contributed by atoms with van der Waals surface area (Å²) in [5.74, 6) is 2.00. The Hall–Kier alpha value is -3.12. The number of hydrogen-bond acceptors (Lipinski definition) is 4. The largest absolute Gasteiger partial charge is 0.367 e. The molecule has 33 heavy (non-hydrogen) atoms. The van der Waals surface area contributed by atoms with Crippen molar-refractivity contribution in [2.45, 2.75) is 39.7 Å². The molecule has 2 aromatic carbocycles. The Morgan fingerprint density at radius 1 is 0.939 bits per heavy atom. The molecule has 172 valence electrons. The SMILES string of the molecule is Cc1nc(CN2CCN(c3cccc4[nH]c(-c5ccc(C(C)(C)C)cc5)nc34)CC2)cn1C. The molecule has 3 heterocycles. The second kappa shape index (κ2) is 8.34. The molecule has 1 fully saturated rings. The van der Waals surface area contributed by atoms with Crippen LogP contribution in [0.15, 0.2) is 48.7 Å². The van der Waals surface area contributed by atoms with E-state index in [0.717, 1.165) is 66.7 Å². The van der Waals surface area contributed by atoms with Gasteiger partial charge in [-0.05, 0) is 30.0 Å². The zero-order valence-electron chi connectivity index (χ0n) is 20.4. The molecule has 2 aromatic heterocycles. The molecule has 0 saturated carbocycles. The number of H-pyrrole nitrogens is 1. The first-order valence-corrected chi connectivity index (χ1v) is 11.8. The monoisotopic (exact) mass is 442 g/mol. The van der Waals surface area contributed by atoms with Gasteiger partial charge in [-0.25, -0.2) is 9.97 Å². The number of rotatable bonds is 4. The molecule has 4 aromatic rings. The van der Waals surface area contributed by atoms with Crippen molar-refractivity contribution in [3.63, 3.8) is 0 Å². The molecule has 1 N–H and O–H groups in total. The van der Waals surface area contributed by atoms with E-state index >= 15 is 0 Å². The number of aromatic amines is 1. The van der Waals surface area contributed by atoms with E-state index in [0.29, 0.717) is 0 Å². The van der Waals surface area contributed by atoms with Gasteiger partial charge in [0.25, 0.3) is 0 Å². The fraction of sp³-hybridized carbons (Fsp3) is 0.407. The summed E-state index contributed by atoms with van der Waals surface area (Å²) in [7, 11) is 2.06. The van der Waals surface area contributed by atoms with Crippen LogP contribution in [0.2, 0.25) is 0 Å². The molecule has 0 radical (unpaired) electrons. The maximum absolute atomic E-state index is 5.03. The molecule has 0 unspecified atom stereocenters. The van der Waals surface area contributed by atoms with Crippen molar-refractivity contribution in [3.05, 3.63) is 65.7 Å². The zero-order chi connectivity index (χ0) is 23.2. The first-order chi connectivity index (χ1) is 15.8. The minimum Gasteiger partial charge on any atom is -0.367 e. The van der Waals surface area contributed by atoms with Gasteiger partial charge in [-0.15, -0.1) is 0 Å². The summed E-state index contributed by atoms with van der Waals surface area (Å²) in [5, 5.41) is 0.